The summed E-state index contributed by atoms with van der Waals surface area (Å²) in [6.07, 6.45) is 0.267. The lowest BCUT2D eigenvalue weighted by atomic mass is 10.0. The molecule has 17 heavy (non-hydrogen) atoms. The Morgan fingerprint density at radius 2 is 1.65 bits per heavy atom. The van der Waals surface area contributed by atoms with Gasteiger partial charge in [-0.3, -0.25) is 4.79 Å². The van der Waals surface area contributed by atoms with Gasteiger partial charge in [-0.25, -0.2) is 0 Å². The first kappa shape index (κ1) is 10.1. The molecule has 0 aromatic heterocycles. The minimum atomic E-state index is -0.366. The van der Waals surface area contributed by atoms with Crippen LogP contribution in [0.4, 0.5) is 0 Å². The van der Waals surface area contributed by atoms with Gasteiger partial charge in [0.1, 0.15) is 5.75 Å². The summed E-state index contributed by atoms with van der Waals surface area (Å²) in [5.74, 6) is 0.794. The molecule has 0 radical (unpaired) electrons. The van der Waals surface area contributed by atoms with Crippen LogP contribution in [0.2, 0.25) is 0 Å². The molecule has 1 unspecified atom stereocenters. The highest BCUT2D eigenvalue weighted by molar-refractivity contribution is 6.04. The van der Waals surface area contributed by atoms with Gasteiger partial charge >= 0.3 is 0 Å². The molecule has 1 atom stereocenters. The Balaban J connectivity index is 1.83. The summed E-state index contributed by atoms with van der Waals surface area (Å²) in [6, 6.07) is 17.4. The summed E-state index contributed by atoms with van der Waals surface area (Å²) in [4.78, 5) is 12.1. The van der Waals surface area contributed by atoms with Gasteiger partial charge in [0.05, 0.1) is 5.56 Å². The Morgan fingerprint density at radius 1 is 0.941 bits per heavy atom. The van der Waals surface area contributed by atoms with Crippen LogP contribution in [0.15, 0.2) is 54.6 Å². The van der Waals surface area contributed by atoms with Crippen molar-refractivity contribution in [3.63, 3.8) is 0 Å². The van der Waals surface area contributed by atoms with E-state index in [2.05, 4.69) is 0 Å². The predicted molar refractivity (Wildman–Crippen MR) is 65.3 cm³/mol. The maximum atomic E-state index is 12.1. The molecule has 0 spiro atoms. The normalized spacial score (nSPS) is 17.6. The van der Waals surface area contributed by atoms with Gasteiger partial charge in [-0.05, 0) is 17.7 Å². The van der Waals surface area contributed by atoms with Gasteiger partial charge in [0.15, 0.2) is 6.10 Å². The minimum Gasteiger partial charge on any atom is -0.481 e. The fourth-order valence-electron chi connectivity index (χ4n) is 2.12. The average molecular weight is 224 g/mol. The van der Waals surface area contributed by atoms with E-state index in [1.54, 1.807) is 0 Å². The van der Waals surface area contributed by atoms with Crippen molar-refractivity contribution in [2.24, 2.45) is 0 Å². The van der Waals surface area contributed by atoms with Gasteiger partial charge in [-0.15, -0.1) is 0 Å². The van der Waals surface area contributed by atoms with Crippen LogP contribution in [0.25, 0.3) is 0 Å². The van der Waals surface area contributed by atoms with Crippen LogP contribution in [-0.4, -0.2) is 11.9 Å². The number of carbonyl (C=O) groups is 1. The molecule has 0 amide bonds. The number of carbonyl (C=O) groups excluding carboxylic acids is 1. The van der Waals surface area contributed by atoms with Crippen molar-refractivity contribution >= 4 is 5.78 Å². The lowest BCUT2D eigenvalue weighted by Crippen LogP contribution is -2.23. The van der Waals surface area contributed by atoms with Gasteiger partial charge in [0.2, 0.25) is 5.78 Å². The highest BCUT2D eigenvalue weighted by Gasteiger charge is 2.31. The topological polar surface area (TPSA) is 26.3 Å². The number of para-hydroxylation sites is 1. The van der Waals surface area contributed by atoms with Gasteiger partial charge < -0.3 is 4.74 Å². The standard InChI is InChI=1S/C15H12O2/c16-15-12-8-4-5-9-13(12)17-14(15)10-11-6-2-1-3-7-11/h1-9,14H,10H2. The number of benzene rings is 2. The van der Waals surface area contributed by atoms with E-state index in [1.807, 2.05) is 54.6 Å². The van der Waals surface area contributed by atoms with Crippen molar-refractivity contribution in [3.8, 4) is 5.75 Å². The second-order valence-electron chi connectivity index (χ2n) is 4.16. The molecule has 2 heteroatoms. The Morgan fingerprint density at radius 3 is 2.41 bits per heavy atom. The molecule has 0 saturated heterocycles. The second-order valence-corrected chi connectivity index (χ2v) is 4.16. The van der Waals surface area contributed by atoms with Crippen molar-refractivity contribution in [2.75, 3.05) is 0 Å². The summed E-state index contributed by atoms with van der Waals surface area (Å²) in [6.45, 7) is 0. The van der Waals surface area contributed by atoms with Crippen molar-refractivity contribution in [1.29, 1.82) is 0 Å². The monoisotopic (exact) mass is 224 g/mol. The molecule has 2 aromatic rings. The van der Waals surface area contributed by atoms with Crippen LogP contribution in [0.3, 0.4) is 0 Å². The van der Waals surface area contributed by atoms with E-state index in [4.69, 9.17) is 4.74 Å². The third kappa shape index (κ3) is 1.82. The van der Waals surface area contributed by atoms with Gasteiger partial charge in [-0.2, -0.15) is 0 Å². The summed E-state index contributed by atoms with van der Waals surface area (Å²) >= 11 is 0. The molecular formula is C15H12O2. The van der Waals surface area contributed by atoms with E-state index in [9.17, 15) is 4.79 Å². The zero-order chi connectivity index (χ0) is 11.7. The first-order chi connectivity index (χ1) is 8.34. The minimum absolute atomic E-state index is 0.0875. The first-order valence-corrected chi connectivity index (χ1v) is 5.68. The molecule has 1 heterocycles. The number of hydrogen-bond donors (Lipinski definition) is 0. The van der Waals surface area contributed by atoms with Gasteiger partial charge in [0, 0.05) is 6.42 Å². The fourth-order valence-corrected chi connectivity index (χ4v) is 2.12. The van der Waals surface area contributed by atoms with E-state index in [0.29, 0.717) is 17.7 Å². The maximum absolute atomic E-state index is 12.1. The smallest absolute Gasteiger partial charge is 0.207 e. The predicted octanol–water partition coefficient (Wildman–Crippen LogP) is 2.87. The number of ether oxygens (including phenoxy) is 1. The lowest BCUT2D eigenvalue weighted by Gasteiger charge is -2.08. The third-order valence-corrected chi connectivity index (χ3v) is 2.98. The molecule has 0 N–H and O–H groups in total. The third-order valence-electron chi connectivity index (χ3n) is 2.98. The molecule has 3 rings (SSSR count). The molecule has 1 aliphatic rings. The molecular weight excluding hydrogens is 212 g/mol. The van der Waals surface area contributed by atoms with Crippen LogP contribution in [0.5, 0.6) is 5.75 Å². The first-order valence-electron chi connectivity index (χ1n) is 5.68. The molecule has 1 aliphatic heterocycles. The zero-order valence-electron chi connectivity index (χ0n) is 9.30. The summed E-state index contributed by atoms with van der Waals surface area (Å²) in [7, 11) is 0. The largest absolute Gasteiger partial charge is 0.481 e. The van der Waals surface area contributed by atoms with Crippen molar-refractivity contribution < 1.29 is 9.53 Å². The maximum Gasteiger partial charge on any atom is 0.207 e. The summed E-state index contributed by atoms with van der Waals surface area (Å²) in [5.41, 5.74) is 1.83. The quantitative estimate of drug-likeness (QED) is 0.784. The van der Waals surface area contributed by atoms with Crippen molar-refractivity contribution in [1.82, 2.24) is 0 Å². The van der Waals surface area contributed by atoms with Gasteiger partial charge in [0.25, 0.3) is 0 Å². The molecule has 0 fully saturated rings. The van der Waals surface area contributed by atoms with Crippen LogP contribution in [0.1, 0.15) is 15.9 Å². The molecule has 2 aromatic carbocycles. The molecule has 0 bridgehead atoms. The highest BCUT2D eigenvalue weighted by Crippen LogP contribution is 2.29. The number of hydrogen-bond acceptors (Lipinski definition) is 2. The Labute approximate surface area is 99.9 Å². The van der Waals surface area contributed by atoms with Crippen LogP contribution in [0, 0.1) is 0 Å². The molecule has 0 aliphatic carbocycles. The Bertz CT molecular complexity index is 546. The van der Waals surface area contributed by atoms with E-state index in [0.717, 1.165) is 5.56 Å². The molecule has 0 saturated carbocycles. The van der Waals surface area contributed by atoms with E-state index in [-0.39, 0.29) is 11.9 Å². The lowest BCUT2D eigenvalue weighted by molar-refractivity contribution is 0.0858. The summed E-state index contributed by atoms with van der Waals surface area (Å²) in [5, 5.41) is 0. The van der Waals surface area contributed by atoms with Crippen LogP contribution in [-0.2, 0) is 6.42 Å². The van der Waals surface area contributed by atoms with Crippen LogP contribution < -0.4 is 4.74 Å². The highest BCUT2D eigenvalue weighted by atomic mass is 16.5. The zero-order valence-corrected chi connectivity index (χ0v) is 9.30. The van der Waals surface area contributed by atoms with Crippen LogP contribution >= 0.6 is 0 Å². The van der Waals surface area contributed by atoms with E-state index >= 15 is 0 Å². The molecule has 84 valence electrons. The Hall–Kier alpha value is -2.09. The van der Waals surface area contributed by atoms with Crippen molar-refractivity contribution in [2.45, 2.75) is 12.5 Å². The van der Waals surface area contributed by atoms with Gasteiger partial charge in [-0.1, -0.05) is 42.5 Å². The fraction of sp³-hybridized carbons (Fsp3) is 0.133. The second kappa shape index (κ2) is 4.06. The number of Topliss-reactive ketones (excluding diaryl/α,β-unsaturated/α-hetero) is 1. The average Bonchev–Trinajstić information content (AvgIpc) is 2.68. The van der Waals surface area contributed by atoms with E-state index < -0.39 is 0 Å². The SMILES string of the molecule is O=C1c2ccccc2OC1Cc1ccccc1. The number of fused-ring (bicyclic) bond motifs is 1. The summed E-state index contributed by atoms with van der Waals surface area (Å²) < 4.78 is 5.67. The Kier molecular flexibility index (Phi) is 2.41. The molecule has 2 nitrogen and oxygen atoms in total. The number of rotatable bonds is 2. The van der Waals surface area contributed by atoms with E-state index in [1.165, 1.54) is 0 Å². The van der Waals surface area contributed by atoms with Crippen molar-refractivity contribution in [3.05, 3.63) is 65.7 Å². The number of ketones is 1.